The summed E-state index contributed by atoms with van der Waals surface area (Å²) in [6.45, 7) is 0.158. The van der Waals surface area contributed by atoms with Crippen LogP contribution in [0, 0.1) is 0 Å². The van der Waals surface area contributed by atoms with E-state index in [2.05, 4.69) is 10.5 Å². The van der Waals surface area contributed by atoms with E-state index in [1.807, 2.05) is 48.5 Å². The molecule has 0 aliphatic heterocycles. The van der Waals surface area contributed by atoms with Gasteiger partial charge in [-0.05, 0) is 35.4 Å². The average Bonchev–Trinajstić information content (AvgIpc) is 3.79. The van der Waals surface area contributed by atoms with Crippen LogP contribution in [0.15, 0.2) is 113 Å². The van der Waals surface area contributed by atoms with Gasteiger partial charge in [-0.2, -0.15) is 9.78 Å². The van der Waals surface area contributed by atoms with Crippen LogP contribution < -0.4 is 10.9 Å². The van der Waals surface area contributed by atoms with E-state index in [4.69, 9.17) is 21.2 Å². The van der Waals surface area contributed by atoms with Crippen LogP contribution >= 0.6 is 22.9 Å². The molecule has 0 atom stereocenters. The predicted octanol–water partition coefficient (Wildman–Crippen LogP) is 6.27. The molecule has 4 heterocycles. The molecule has 0 aliphatic carbocycles. The Morgan fingerprint density at radius 1 is 0.929 bits per heavy atom. The van der Waals surface area contributed by atoms with Crippen LogP contribution in [0.5, 0.6) is 0 Å². The third kappa shape index (κ3) is 5.71. The molecular formula is C31H22ClN5O4S. The molecule has 6 rings (SSSR count). The highest BCUT2D eigenvalue weighted by atomic mass is 35.5. The van der Waals surface area contributed by atoms with Gasteiger partial charge in [0.25, 0.3) is 11.5 Å². The van der Waals surface area contributed by atoms with Crippen LogP contribution in [-0.2, 0) is 13.1 Å². The summed E-state index contributed by atoms with van der Waals surface area (Å²) in [5.41, 5.74) is 2.47. The number of pyridine rings is 1. The first-order chi connectivity index (χ1) is 20.5. The quantitative estimate of drug-likeness (QED) is 0.196. The van der Waals surface area contributed by atoms with Crippen molar-refractivity contribution in [3.63, 3.8) is 0 Å². The van der Waals surface area contributed by atoms with Crippen molar-refractivity contribution in [3.05, 3.63) is 134 Å². The number of benzene rings is 2. The SMILES string of the molecule is O=C(Cn1cc(-c2cc(NCc3ccc(Cl)s3)n(C(=O)c3ccccc3)n2)c(-c2ccccc2)cc1=O)c1ccno1. The predicted molar refractivity (Wildman–Crippen MR) is 161 cm³/mol. The number of halogens is 1. The fraction of sp³-hybridized carbons (Fsp3) is 0.0645. The van der Waals surface area contributed by atoms with Gasteiger partial charge in [0.2, 0.25) is 11.5 Å². The molecule has 0 spiro atoms. The van der Waals surface area contributed by atoms with Crippen molar-refractivity contribution in [1.29, 1.82) is 0 Å². The number of carbonyl (C=O) groups excluding carboxylic acids is 2. The van der Waals surface area contributed by atoms with E-state index in [1.54, 1.807) is 36.5 Å². The maximum atomic E-state index is 13.6. The molecule has 0 radical (unpaired) electrons. The van der Waals surface area contributed by atoms with Gasteiger partial charge in [-0.1, -0.05) is 65.3 Å². The zero-order valence-electron chi connectivity index (χ0n) is 21.9. The van der Waals surface area contributed by atoms with Crippen LogP contribution in [0.25, 0.3) is 22.4 Å². The smallest absolute Gasteiger partial charge is 0.280 e. The number of carbonyl (C=O) groups is 2. The Morgan fingerprint density at radius 3 is 2.38 bits per heavy atom. The summed E-state index contributed by atoms with van der Waals surface area (Å²) in [6.07, 6.45) is 2.95. The molecular weight excluding hydrogens is 574 g/mol. The van der Waals surface area contributed by atoms with E-state index in [-0.39, 0.29) is 23.8 Å². The van der Waals surface area contributed by atoms with E-state index < -0.39 is 5.78 Å². The average molecular weight is 596 g/mol. The summed E-state index contributed by atoms with van der Waals surface area (Å²) >= 11 is 7.55. The molecule has 1 N–H and O–H groups in total. The van der Waals surface area contributed by atoms with Crippen molar-refractivity contribution in [2.75, 3.05) is 5.32 Å². The number of hydrogen-bond acceptors (Lipinski definition) is 8. The molecule has 0 fully saturated rings. The number of thiophene rings is 1. The zero-order chi connectivity index (χ0) is 29.1. The Bertz CT molecular complexity index is 1930. The van der Waals surface area contributed by atoms with Crippen molar-refractivity contribution < 1.29 is 14.1 Å². The molecule has 6 aromatic rings. The topological polar surface area (TPSA) is 112 Å². The van der Waals surface area contributed by atoms with Crippen LogP contribution in [0.4, 0.5) is 5.82 Å². The lowest BCUT2D eigenvalue weighted by Crippen LogP contribution is -2.24. The monoisotopic (exact) mass is 595 g/mol. The number of anilines is 1. The van der Waals surface area contributed by atoms with Gasteiger partial charge in [-0.25, -0.2) is 0 Å². The third-order valence-electron chi connectivity index (χ3n) is 6.51. The summed E-state index contributed by atoms with van der Waals surface area (Å²) in [5.74, 6) is -0.232. The summed E-state index contributed by atoms with van der Waals surface area (Å²) < 4.78 is 8.25. The van der Waals surface area contributed by atoms with Crippen molar-refractivity contribution in [3.8, 4) is 22.4 Å². The Labute approximate surface area is 248 Å². The van der Waals surface area contributed by atoms with Crippen LogP contribution in [0.2, 0.25) is 4.34 Å². The van der Waals surface area contributed by atoms with E-state index >= 15 is 0 Å². The van der Waals surface area contributed by atoms with Crippen LogP contribution in [0.3, 0.4) is 0 Å². The molecule has 0 amide bonds. The van der Waals surface area contributed by atoms with Gasteiger partial charge in [-0.15, -0.1) is 11.3 Å². The molecule has 0 aliphatic rings. The second-order valence-corrected chi connectivity index (χ2v) is 11.1. The number of hydrogen-bond donors (Lipinski definition) is 1. The first-order valence-corrected chi connectivity index (χ1v) is 14.1. The number of aromatic nitrogens is 4. The minimum Gasteiger partial charge on any atom is -0.365 e. The minimum atomic E-state index is -0.408. The second kappa shape index (κ2) is 11.8. The number of ketones is 1. The molecule has 4 aromatic heterocycles. The summed E-state index contributed by atoms with van der Waals surface area (Å²) in [4.78, 5) is 40.6. The van der Waals surface area contributed by atoms with E-state index in [9.17, 15) is 14.4 Å². The lowest BCUT2D eigenvalue weighted by molar-refractivity contribution is 0.0931. The standard InChI is InChI=1S/C31H22ClN5O4S/c32-28-12-11-22(42-28)17-33-29-16-25(35-37(29)31(40)21-9-5-2-6-10-21)24-18-36(19-26(38)27-13-14-34-41-27)30(39)15-23(24)20-7-3-1-4-8-20/h1-16,18,33H,17,19H2. The zero-order valence-corrected chi connectivity index (χ0v) is 23.5. The lowest BCUT2D eigenvalue weighted by atomic mass is 9.99. The van der Waals surface area contributed by atoms with E-state index in [1.165, 1.54) is 38.9 Å². The molecule has 11 heteroatoms. The molecule has 42 heavy (non-hydrogen) atoms. The van der Waals surface area contributed by atoms with Crippen molar-refractivity contribution in [2.45, 2.75) is 13.1 Å². The van der Waals surface area contributed by atoms with Crippen LogP contribution in [-0.4, -0.2) is 31.2 Å². The van der Waals surface area contributed by atoms with Gasteiger partial charge in [0, 0.05) is 40.4 Å². The largest absolute Gasteiger partial charge is 0.365 e. The Balaban J connectivity index is 1.47. The van der Waals surface area contributed by atoms with E-state index in [0.717, 1.165) is 10.4 Å². The minimum absolute atomic E-state index is 0.0495. The molecule has 208 valence electrons. The maximum absolute atomic E-state index is 13.6. The molecule has 0 unspecified atom stereocenters. The molecule has 0 saturated carbocycles. The molecule has 2 aromatic carbocycles. The van der Waals surface area contributed by atoms with Crippen LogP contribution in [0.1, 0.15) is 25.8 Å². The first-order valence-electron chi connectivity index (χ1n) is 12.9. The second-order valence-electron chi connectivity index (χ2n) is 9.29. The molecule has 0 saturated heterocycles. The highest BCUT2D eigenvalue weighted by molar-refractivity contribution is 7.16. The number of nitrogens with one attached hydrogen (secondary N) is 1. The van der Waals surface area contributed by atoms with Crippen molar-refractivity contribution in [1.82, 2.24) is 19.5 Å². The third-order valence-corrected chi connectivity index (χ3v) is 7.74. The molecule has 9 nitrogen and oxygen atoms in total. The van der Waals surface area contributed by atoms with Gasteiger partial charge in [0.1, 0.15) is 5.82 Å². The normalized spacial score (nSPS) is 11.0. The first kappa shape index (κ1) is 27.1. The van der Waals surface area contributed by atoms with E-state index in [0.29, 0.717) is 39.1 Å². The highest BCUT2D eigenvalue weighted by Crippen LogP contribution is 2.32. The highest BCUT2D eigenvalue weighted by Gasteiger charge is 2.21. The Morgan fingerprint density at radius 2 is 1.69 bits per heavy atom. The summed E-state index contributed by atoms with van der Waals surface area (Å²) in [7, 11) is 0. The van der Waals surface area contributed by atoms with Crippen molar-refractivity contribution >= 4 is 40.4 Å². The lowest BCUT2D eigenvalue weighted by Gasteiger charge is -2.12. The number of Topliss-reactive ketones (excluding diaryl/α,β-unsaturated/α-hetero) is 1. The van der Waals surface area contributed by atoms with Gasteiger partial charge in [-0.3, -0.25) is 14.4 Å². The Hall–Kier alpha value is -5.06. The summed E-state index contributed by atoms with van der Waals surface area (Å²) in [5, 5.41) is 11.6. The van der Waals surface area contributed by atoms with Crippen molar-refractivity contribution in [2.24, 2.45) is 0 Å². The number of nitrogens with zero attached hydrogens (tertiary/aromatic N) is 4. The fourth-order valence-electron chi connectivity index (χ4n) is 4.47. The fourth-order valence-corrected chi connectivity index (χ4v) is 5.50. The van der Waals surface area contributed by atoms with Gasteiger partial charge in [0.15, 0.2) is 0 Å². The van der Waals surface area contributed by atoms with Gasteiger partial charge in [0.05, 0.1) is 29.3 Å². The Kier molecular flexibility index (Phi) is 7.63. The number of rotatable bonds is 9. The maximum Gasteiger partial charge on any atom is 0.280 e. The van der Waals surface area contributed by atoms with Gasteiger partial charge < -0.3 is 14.4 Å². The molecule has 0 bridgehead atoms. The van der Waals surface area contributed by atoms with Gasteiger partial charge >= 0.3 is 0 Å². The summed E-state index contributed by atoms with van der Waals surface area (Å²) in [6, 6.07) is 26.6.